The van der Waals surface area contributed by atoms with Crippen molar-refractivity contribution < 1.29 is 9.53 Å². The van der Waals surface area contributed by atoms with E-state index in [1.807, 2.05) is 43.3 Å². The second kappa shape index (κ2) is 5.49. The molecule has 0 aliphatic heterocycles. The molecule has 0 saturated carbocycles. The predicted octanol–water partition coefficient (Wildman–Crippen LogP) is 4.51. The number of hydrogen-bond donors (Lipinski definition) is 0. The van der Waals surface area contributed by atoms with Crippen LogP contribution in [0.4, 0.5) is 0 Å². The van der Waals surface area contributed by atoms with Gasteiger partial charge in [-0.05, 0) is 47.7 Å². The van der Waals surface area contributed by atoms with Crippen molar-refractivity contribution in [2.75, 3.05) is 0 Å². The van der Waals surface area contributed by atoms with Crippen LogP contribution in [0.15, 0.2) is 48.5 Å². The number of rotatable bonds is 2. The van der Waals surface area contributed by atoms with E-state index < -0.39 is 0 Å². The van der Waals surface area contributed by atoms with Crippen LogP contribution in [0.25, 0.3) is 0 Å². The molecule has 0 spiro atoms. The molecule has 0 aromatic heterocycles. The third-order valence-corrected chi connectivity index (χ3v) is 3.22. The van der Waals surface area contributed by atoms with Crippen LogP contribution < -0.4 is 4.74 Å². The van der Waals surface area contributed by atoms with Gasteiger partial charge in [-0.1, -0.05) is 45.0 Å². The molecule has 2 aromatic rings. The molecule has 0 atom stereocenters. The van der Waals surface area contributed by atoms with Crippen LogP contribution >= 0.6 is 0 Å². The van der Waals surface area contributed by atoms with Gasteiger partial charge in [0, 0.05) is 0 Å². The number of para-hydroxylation sites is 1. The zero-order chi connectivity index (χ0) is 14.8. The first-order chi connectivity index (χ1) is 9.38. The van der Waals surface area contributed by atoms with Crippen molar-refractivity contribution >= 4 is 5.97 Å². The van der Waals surface area contributed by atoms with Gasteiger partial charge in [0.15, 0.2) is 0 Å². The average Bonchev–Trinajstić information content (AvgIpc) is 2.38. The van der Waals surface area contributed by atoms with Gasteiger partial charge in [0.25, 0.3) is 0 Å². The summed E-state index contributed by atoms with van der Waals surface area (Å²) >= 11 is 0. The number of carbonyl (C=O) groups is 1. The summed E-state index contributed by atoms with van der Waals surface area (Å²) in [6.45, 7) is 8.52. The molecule has 0 radical (unpaired) electrons. The Bertz CT molecular complexity index is 607. The van der Waals surface area contributed by atoms with E-state index in [0.717, 1.165) is 5.56 Å². The van der Waals surface area contributed by atoms with Crippen molar-refractivity contribution in [2.45, 2.75) is 33.1 Å². The van der Waals surface area contributed by atoms with E-state index in [2.05, 4.69) is 20.8 Å². The van der Waals surface area contributed by atoms with Gasteiger partial charge in [-0.25, -0.2) is 4.79 Å². The summed E-state index contributed by atoms with van der Waals surface area (Å²) in [5.41, 5.74) is 3.01. The maximum Gasteiger partial charge on any atom is 0.343 e. The monoisotopic (exact) mass is 268 g/mol. The molecule has 20 heavy (non-hydrogen) atoms. The summed E-state index contributed by atoms with van der Waals surface area (Å²) < 4.78 is 5.34. The second-order valence-corrected chi connectivity index (χ2v) is 5.98. The third kappa shape index (κ3) is 3.27. The number of ether oxygens (including phenoxy) is 1. The molecule has 0 unspecified atom stereocenters. The van der Waals surface area contributed by atoms with Gasteiger partial charge in [-0.3, -0.25) is 0 Å². The van der Waals surface area contributed by atoms with Crippen LogP contribution in [0.2, 0.25) is 0 Å². The van der Waals surface area contributed by atoms with Crippen molar-refractivity contribution in [1.82, 2.24) is 0 Å². The Labute approximate surface area is 120 Å². The number of aryl methyl sites for hydroxylation is 1. The summed E-state index contributed by atoms with van der Waals surface area (Å²) in [6, 6.07) is 14.9. The molecule has 0 fully saturated rings. The fourth-order valence-corrected chi connectivity index (χ4v) is 2.29. The fraction of sp³-hybridized carbons (Fsp3) is 0.278. The molecule has 0 bridgehead atoms. The Morgan fingerprint density at radius 1 is 1.00 bits per heavy atom. The number of benzene rings is 2. The topological polar surface area (TPSA) is 26.3 Å². The number of carbonyl (C=O) groups excluding carboxylic acids is 1. The first kappa shape index (κ1) is 14.3. The quantitative estimate of drug-likeness (QED) is 0.591. The molecular weight excluding hydrogens is 248 g/mol. The molecule has 0 heterocycles. The molecule has 0 aliphatic rings. The van der Waals surface area contributed by atoms with Crippen molar-refractivity contribution in [1.29, 1.82) is 0 Å². The van der Waals surface area contributed by atoms with Gasteiger partial charge in [0.2, 0.25) is 0 Å². The van der Waals surface area contributed by atoms with Crippen LogP contribution in [-0.2, 0) is 5.41 Å². The summed E-state index contributed by atoms with van der Waals surface area (Å²) in [5, 5.41) is 0. The Kier molecular flexibility index (Phi) is 3.93. The summed E-state index contributed by atoms with van der Waals surface area (Å²) in [7, 11) is 0. The van der Waals surface area contributed by atoms with Crippen LogP contribution in [0.5, 0.6) is 5.75 Å². The lowest BCUT2D eigenvalue weighted by molar-refractivity contribution is 0.0734. The van der Waals surface area contributed by atoms with Crippen molar-refractivity contribution in [3.63, 3.8) is 0 Å². The van der Waals surface area contributed by atoms with E-state index >= 15 is 0 Å². The second-order valence-electron chi connectivity index (χ2n) is 5.98. The molecule has 0 saturated heterocycles. The lowest BCUT2D eigenvalue weighted by Crippen LogP contribution is -2.15. The third-order valence-electron chi connectivity index (χ3n) is 3.22. The molecule has 2 rings (SSSR count). The summed E-state index contributed by atoms with van der Waals surface area (Å²) in [4.78, 5) is 12.1. The van der Waals surface area contributed by atoms with E-state index in [1.165, 1.54) is 5.56 Å². The van der Waals surface area contributed by atoms with Crippen LogP contribution in [0.1, 0.15) is 42.3 Å². The van der Waals surface area contributed by atoms with Crippen LogP contribution in [0.3, 0.4) is 0 Å². The maximum absolute atomic E-state index is 12.1. The zero-order valence-electron chi connectivity index (χ0n) is 12.4. The molecular formula is C18H20O2. The van der Waals surface area contributed by atoms with Crippen molar-refractivity contribution in [3.05, 3.63) is 65.2 Å². The molecule has 0 amide bonds. The van der Waals surface area contributed by atoms with Crippen LogP contribution in [0, 0.1) is 6.92 Å². The number of esters is 1. The molecule has 0 N–H and O–H groups in total. The van der Waals surface area contributed by atoms with E-state index in [0.29, 0.717) is 11.3 Å². The Morgan fingerprint density at radius 3 is 2.20 bits per heavy atom. The minimum Gasteiger partial charge on any atom is -0.423 e. The smallest absolute Gasteiger partial charge is 0.343 e. The van der Waals surface area contributed by atoms with E-state index in [4.69, 9.17) is 4.74 Å². The Morgan fingerprint density at radius 2 is 1.65 bits per heavy atom. The summed E-state index contributed by atoms with van der Waals surface area (Å²) in [5.74, 6) is 0.245. The molecule has 104 valence electrons. The maximum atomic E-state index is 12.1. The fourth-order valence-electron chi connectivity index (χ4n) is 2.29. The number of hydrogen-bond acceptors (Lipinski definition) is 2. The minimum atomic E-state index is -0.320. The van der Waals surface area contributed by atoms with Gasteiger partial charge >= 0.3 is 5.97 Å². The van der Waals surface area contributed by atoms with Crippen molar-refractivity contribution in [2.24, 2.45) is 0 Å². The van der Waals surface area contributed by atoms with E-state index in [9.17, 15) is 4.79 Å². The minimum absolute atomic E-state index is 0.0753. The van der Waals surface area contributed by atoms with Crippen LogP contribution in [-0.4, -0.2) is 5.97 Å². The SMILES string of the molecule is Cc1cc(C(=O)Oc2ccccc2)ccc1C(C)(C)C. The van der Waals surface area contributed by atoms with Crippen molar-refractivity contribution in [3.8, 4) is 5.75 Å². The van der Waals surface area contributed by atoms with Gasteiger partial charge in [-0.15, -0.1) is 0 Å². The Hall–Kier alpha value is -2.09. The summed E-state index contributed by atoms with van der Waals surface area (Å²) in [6.07, 6.45) is 0. The normalized spacial score (nSPS) is 11.2. The highest BCUT2D eigenvalue weighted by Gasteiger charge is 2.18. The standard InChI is InChI=1S/C18H20O2/c1-13-12-14(10-11-16(13)18(2,3)4)17(19)20-15-8-6-5-7-9-15/h5-12H,1-4H3. The first-order valence-corrected chi connectivity index (χ1v) is 6.76. The molecule has 2 aromatic carbocycles. The molecule has 2 heteroatoms. The van der Waals surface area contributed by atoms with Gasteiger partial charge < -0.3 is 4.74 Å². The Balaban J connectivity index is 2.22. The zero-order valence-corrected chi connectivity index (χ0v) is 12.4. The largest absolute Gasteiger partial charge is 0.423 e. The highest BCUT2D eigenvalue weighted by Crippen LogP contribution is 2.26. The predicted molar refractivity (Wildman–Crippen MR) is 81.3 cm³/mol. The first-order valence-electron chi connectivity index (χ1n) is 6.76. The molecule has 0 aliphatic carbocycles. The van der Waals surface area contributed by atoms with Gasteiger partial charge in [0.05, 0.1) is 5.56 Å². The lowest BCUT2D eigenvalue weighted by atomic mass is 9.83. The van der Waals surface area contributed by atoms with Gasteiger partial charge in [-0.2, -0.15) is 0 Å². The lowest BCUT2D eigenvalue weighted by Gasteiger charge is -2.22. The van der Waals surface area contributed by atoms with E-state index in [-0.39, 0.29) is 11.4 Å². The van der Waals surface area contributed by atoms with E-state index in [1.54, 1.807) is 12.1 Å². The van der Waals surface area contributed by atoms with Gasteiger partial charge in [0.1, 0.15) is 5.75 Å². The highest BCUT2D eigenvalue weighted by molar-refractivity contribution is 5.91. The average molecular weight is 268 g/mol. The highest BCUT2D eigenvalue weighted by atomic mass is 16.5. The molecule has 2 nitrogen and oxygen atoms in total.